The van der Waals surface area contributed by atoms with Gasteiger partial charge < -0.3 is 67.2 Å². The van der Waals surface area contributed by atoms with Crippen LogP contribution in [-0.2, 0) is 0 Å². The lowest BCUT2D eigenvalue weighted by atomic mass is 9.53. The van der Waals surface area contributed by atoms with Crippen molar-refractivity contribution < 1.29 is 43.1 Å². The first-order valence-corrected chi connectivity index (χ1v) is 50.5. The van der Waals surface area contributed by atoms with E-state index in [4.69, 9.17) is 37.9 Å². The fraction of sp³-hybridized carbons (Fsp3) is 0.316. The molecule has 9 saturated carbocycles. The third kappa shape index (κ3) is 22.5. The minimum absolute atomic E-state index is 0.00769. The molecule has 9 fully saturated rings. The van der Waals surface area contributed by atoms with Crippen LogP contribution in [0.25, 0.3) is 89.7 Å². The number of ether oxygens (including phenoxy) is 1. The Balaban J connectivity index is 0.000000115. The number of para-hydroxylation sites is 1. The molecule has 0 spiro atoms. The number of aromatic amines is 4. The Hall–Kier alpha value is -14.6. The lowest BCUT2D eigenvalue weighted by Gasteiger charge is -2.56. The van der Waals surface area contributed by atoms with Gasteiger partial charge >= 0.3 is 0 Å². The summed E-state index contributed by atoms with van der Waals surface area (Å²) in [5.74, 6) is 6.73. The number of hydrogen-bond acceptors (Lipinski definition) is 13. The predicted octanol–water partition coefficient (Wildman–Crippen LogP) is 23.8. The lowest BCUT2D eigenvalue weighted by Crippen LogP contribution is -2.59. The largest absolute Gasteiger partial charge is 0.497 e. The van der Waals surface area contributed by atoms with E-state index in [1.807, 2.05) is 170 Å². The van der Waals surface area contributed by atoms with Crippen LogP contribution in [0.5, 0.6) is 5.75 Å². The van der Waals surface area contributed by atoms with Gasteiger partial charge in [0.1, 0.15) is 29.0 Å². The summed E-state index contributed by atoms with van der Waals surface area (Å²) in [4.78, 5) is 134. The number of anilines is 3. The maximum absolute atomic E-state index is 13.2. The van der Waals surface area contributed by atoms with E-state index in [0.29, 0.717) is 95.4 Å². The summed E-state index contributed by atoms with van der Waals surface area (Å²) in [5, 5.41) is 25.6. The van der Waals surface area contributed by atoms with Gasteiger partial charge in [-0.2, -0.15) is 0 Å². The number of H-pyrrole nitrogens is 4. The zero-order chi connectivity index (χ0) is 96.6. The van der Waals surface area contributed by atoms with Crippen LogP contribution in [0.15, 0.2) is 243 Å². The van der Waals surface area contributed by atoms with Crippen molar-refractivity contribution in [2.45, 2.75) is 190 Å². The first-order valence-electron chi connectivity index (χ1n) is 49.7. The van der Waals surface area contributed by atoms with Crippen LogP contribution >= 0.6 is 23.2 Å². The highest BCUT2D eigenvalue weighted by Gasteiger charge is 2.52. The quantitative estimate of drug-likeness (QED) is 0.0319. The number of benzene rings is 11. The van der Waals surface area contributed by atoms with E-state index in [-0.39, 0.29) is 70.9 Å². The number of methoxy groups -OCH3 is 1. The molecule has 6 bridgehead atoms. The first kappa shape index (κ1) is 94.1. The number of halogens is 2. The zero-order valence-corrected chi connectivity index (χ0v) is 80.2. The summed E-state index contributed by atoms with van der Waals surface area (Å²) in [6, 6.07) is 74.4. The van der Waals surface area contributed by atoms with Gasteiger partial charge in [-0.05, 0) is 302 Å². The molecule has 718 valence electrons. The van der Waals surface area contributed by atoms with Crippen LogP contribution in [0.3, 0.4) is 0 Å². The fourth-order valence-corrected chi connectivity index (χ4v) is 22.7. The molecule has 0 aliphatic heterocycles. The van der Waals surface area contributed by atoms with E-state index in [1.54, 1.807) is 79.9 Å². The van der Waals surface area contributed by atoms with Crippen molar-refractivity contribution in [3.63, 3.8) is 0 Å². The Morgan fingerprint density at radius 2 is 0.638 bits per heavy atom. The van der Waals surface area contributed by atoms with Crippen molar-refractivity contribution in [2.24, 2.45) is 29.6 Å². The van der Waals surface area contributed by atoms with Crippen molar-refractivity contribution in [3.05, 3.63) is 297 Å². The van der Waals surface area contributed by atoms with Crippen molar-refractivity contribution in [1.29, 1.82) is 0 Å². The number of nitrogens with zero attached hydrogens (tertiary/aromatic N) is 4. The monoisotopic (exact) mass is 1920 g/mol. The molecule has 9 aliphatic rings. The van der Waals surface area contributed by atoms with Gasteiger partial charge in [-0.15, -0.1) is 0 Å². The molecule has 4 heterocycles. The summed E-state index contributed by atoms with van der Waals surface area (Å²) in [6.07, 6.45) is 29.7. The van der Waals surface area contributed by atoms with E-state index in [0.717, 1.165) is 172 Å². The molecular weight excluding hydrogens is 1810 g/mol. The molecule has 11 aromatic carbocycles. The van der Waals surface area contributed by atoms with E-state index < -0.39 is 0 Å². The Kier molecular flexibility index (Phi) is 28.2. The summed E-state index contributed by atoms with van der Waals surface area (Å²) in [5.41, 5.74) is 16.8. The zero-order valence-electron chi connectivity index (χ0n) is 78.7. The van der Waals surface area contributed by atoms with Crippen LogP contribution in [0.2, 0.25) is 10.0 Å². The molecule has 3 atom stereocenters. The van der Waals surface area contributed by atoms with Gasteiger partial charge in [0.05, 0.1) is 61.3 Å². The van der Waals surface area contributed by atoms with Gasteiger partial charge in [0.25, 0.3) is 47.3 Å². The van der Waals surface area contributed by atoms with Gasteiger partial charge in [-0.25, -0.2) is 19.9 Å². The Morgan fingerprint density at radius 3 is 1.00 bits per heavy atom. The van der Waals surface area contributed by atoms with Crippen LogP contribution in [0, 0.1) is 29.6 Å². The number of rotatable bonds is 21. The van der Waals surface area contributed by atoms with Crippen LogP contribution in [0.4, 0.5) is 17.1 Å². The summed E-state index contributed by atoms with van der Waals surface area (Å²) >= 11 is 11.9. The Morgan fingerprint density at radius 1 is 0.305 bits per heavy atom. The average molecular weight is 1920 g/mol. The molecule has 9 aliphatic carbocycles. The van der Waals surface area contributed by atoms with Crippen molar-refractivity contribution in [3.8, 4) is 51.3 Å². The molecule has 0 radical (unpaired) electrons. The Bertz CT molecular complexity index is 7090. The standard InChI is InChI=1S/C31H30N4O2.C28H28N4O3.C28H32N4O2.C27H24Cl2N4O2/c36-29(32-25-4-2-1-3-5-25)24-10-11-26-27(15-24)34-28(33-26)22-6-8-23(9-7-22)30(37)35-31-16-19-12-20(17-31)14-21(13-19)18-31;1-35-23-14-12-22(13-15-23)30-27(33)19-9-7-18(8-10-19)26-31-24-16-11-20(17-25(24)32-26)28(34)29-21-5-3-2-4-6-21;33-27(32-24-15-17-6-7-20(24)14-17)19-10-8-18(9-11-19)26-30-23-13-12-21(16-25(23)31-26)28(34)29-22-4-2-1-3-5-22;28-21-12-11-20(15-22(21)29)31-26(34)17-8-6-16(7-9-17)25-32-23-13-10-18(14-24(23)33-25)27(35)30-19-4-2-1-3-5-19/h1-11,15,19-21H,12-14,16-18H2,(H,32,36)(H,33,34)(H,35,37);7-17,21H,2-6H2,1H3,(H,29,34)(H,30,33)(H,31,32);8-13,16-17,20,22,24H,1-7,14-15H2,(H,29,34)(H,30,31)(H,32,33);6-15,19H,1-5H2,(H,30,35)(H,31,34)(H,32,33). The van der Waals surface area contributed by atoms with Gasteiger partial charge in [-0.1, -0.05) is 154 Å². The summed E-state index contributed by atoms with van der Waals surface area (Å²) < 4.78 is 5.14. The minimum Gasteiger partial charge on any atom is -0.497 e. The van der Waals surface area contributed by atoms with Crippen LogP contribution < -0.4 is 47.3 Å². The highest BCUT2D eigenvalue weighted by molar-refractivity contribution is 6.42. The van der Waals surface area contributed by atoms with Crippen LogP contribution in [0.1, 0.15) is 243 Å². The van der Waals surface area contributed by atoms with Crippen molar-refractivity contribution in [1.82, 2.24) is 66.5 Å². The number of amides is 8. The molecular formula is C114H114Cl2N16O9. The molecule has 8 amide bonds. The molecule has 3 unspecified atom stereocenters. The number of nitrogens with one attached hydrogen (secondary N) is 12. The number of carbonyl (C=O) groups is 8. The van der Waals surface area contributed by atoms with Gasteiger partial charge in [0.15, 0.2) is 0 Å². The van der Waals surface area contributed by atoms with Gasteiger partial charge in [-0.3, -0.25) is 38.4 Å². The highest BCUT2D eigenvalue weighted by Crippen LogP contribution is 2.56. The topological polar surface area (TPSA) is 357 Å². The van der Waals surface area contributed by atoms with E-state index in [9.17, 15) is 38.4 Å². The first-order chi connectivity index (χ1) is 68.7. The summed E-state index contributed by atoms with van der Waals surface area (Å²) in [7, 11) is 1.60. The molecule has 0 saturated heterocycles. The predicted molar refractivity (Wildman–Crippen MR) is 554 cm³/mol. The second-order valence-electron chi connectivity index (χ2n) is 39.5. The van der Waals surface area contributed by atoms with E-state index >= 15 is 0 Å². The second kappa shape index (κ2) is 42.2. The van der Waals surface area contributed by atoms with Crippen molar-refractivity contribution in [2.75, 3.05) is 23.1 Å². The maximum Gasteiger partial charge on any atom is 0.255 e. The lowest BCUT2D eigenvalue weighted by molar-refractivity contribution is -0.0167. The van der Waals surface area contributed by atoms with Crippen LogP contribution in [-0.4, -0.2) is 124 Å². The average Bonchev–Trinajstić information content (AvgIpc) is 1.45. The molecule has 25 nitrogen and oxygen atoms in total. The molecule has 27 heteroatoms. The number of aromatic nitrogens is 8. The number of carbonyl (C=O) groups excluding carboxylic acids is 8. The number of imidazole rings is 4. The third-order valence-electron chi connectivity index (χ3n) is 29.5. The molecule has 15 aromatic rings. The second-order valence-corrected chi connectivity index (χ2v) is 40.3. The van der Waals surface area contributed by atoms with E-state index in [1.165, 1.54) is 96.3 Å². The third-order valence-corrected chi connectivity index (χ3v) is 30.2. The summed E-state index contributed by atoms with van der Waals surface area (Å²) in [6.45, 7) is 0. The molecule has 4 aromatic heterocycles. The SMILES string of the molecule is COc1ccc(NC(=O)c2ccc(-c3nc4ccc(C(=O)NC5CCCCC5)cc4[nH]3)cc2)cc1.O=C(NC1CCCCC1)c1ccc2nc(-c3ccc(C(=O)NC4CC5CCC4C5)cc3)[nH]c2c1.O=C(Nc1ccc(Cl)c(Cl)c1)c1ccc(-c2nc3ccc(C(=O)NC4CCCCC4)cc3[nH]2)cc1.O=C(Nc1ccccc1)c1ccc2nc(-c3ccc(C(=O)NC45CC6CC(CC(C6)C4)C5)cc3)[nH]c2c1. The molecule has 141 heavy (non-hydrogen) atoms. The molecule has 24 rings (SSSR count). The molecule has 12 N–H and O–H groups in total. The van der Waals surface area contributed by atoms with Gasteiger partial charge in [0.2, 0.25) is 0 Å². The minimum atomic E-state index is -0.256. The van der Waals surface area contributed by atoms with E-state index in [2.05, 4.69) is 72.4 Å². The number of fused-ring (bicyclic) bond motifs is 6. The smallest absolute Gasteiger partial charge is 0.255 e. The van der Waals surface area contributed by atoms with Crippen molar-refractivity contribution >= 4 is 132 Å². The highest BCUT2D eigenvalue weighted by atomic mass is 35.5. The normalized spacial score (nSPS) is 19.6. The Labute approximate surface area is 827 Å². The maximum atomic E-state index is 13.2. The fourth-order valence-electron chi connectivity index (χ4n) is 22.4. The van der Waals surface area contributed by atoms with Gasteiger partial charge in [0, 0.05) is 114 Å². The number of hydrogen-bond donors (Lipinski definition) is 12.